The molecular formula is C8H7N3S2. The molecule has 0 saturated carbocycles. The standard InChI is InChI=1S/C8H7N3S2/c1-5-9-4-7(13-5)6-2-8(12)11-10-3-6/h2-4H,1H3,(H,11,12). The third kappa shape index (κ3) is 1.81. The van der Waals surface area contributed by atoms with E-state index >= 15 is 0 Å². The smallest absolute Gasteiger partial charge is 0.120 e. The van der Waals surface area contributed by atoms with E-state index in [2.05, 4.69) is 15.2 Å². The second-order valence-corrected chi connectivity index (χ2v) is 4.25. The summed E-state index contributed by atoms with van der Waals surface area (Å²) in [4.78, 5) is 5.27. The number of H-pyrrole nitrogens is 1. The zero-order valence-electron chi connectivity index (χ0n) is 6.94. The fraction of sp³-hybridized carbons (Fsp3) is 0.125. The third-order valence-corrected chi connectivity index (χ3v) is 2.74. The van der Waals surface area contributed by atoms with Crippen LogP contribution in [0.3, 0.4) is 0 Å². The fourth-order valence-corrected chi connectivity index (χ4v) is 1.94. The van der Waals surface area contributed by atoms with Gasteiger partial charge in [-0.1, -0.05) is 12.2 Å². The largest absolute Gasteiger partial charge is 0.268 e. The number of hydrogen-bond acceptors (Lipinski definition) is 4. The predicted octanol–water partition coefficient (Wildman–Crippen LogP) is 2.57. The Hall–Kier alpha value is -1.07. The van der Waals surface area contributed by atoms with Gasteiger partial charge in [-0.2, -0.15) is 5.10 Å². The van der Waals surface area contributed by atoms with Crippen LogP contribution in [0.25, 0.3) is 10.4 Å². The van der Waals surface area contributed by atoms with E-state index in [0.29, 0.717) is 4.64 Å². The molecule has 2 aromatic rings. The van der Waals surface area contributed by atoms with Crippen LogP contribution in [0.4, 0.5) is 0 Å². The lowest BCUT2D eigenvalue weighted by atomic mass is 10.3. The molecule has 13 heavy (non-hydrogen) atoms. The Bertz CT molecular complexity index is 472. The number of nitrogens with zero attached hydrogens (tertiary/aromatic N) is 2. The van der Waals surface area contributed by atoms with Gasteiger partial charge in [0, 0.05) is 11.8 Å². The van der Waals surface area contributed by atoms with Gasteiger partial charge >= 0.3 is 0 Å². The lowest BCUT2D eigenvalue weighted by molar-refractivity contribution is 1.02. The third-order valence-electron chi connectivity index (χ3n) is 1.57. The van der Waals surface area contributed by atoms with Crippen LogP contribution in [0.2, 0.25) is 0 Å². The molecule has 0 aliphatic heterocycles. The van der Waals surface area contributed by atoms with Gasteiger partial charge < -0.3 is 0 Å². The molecule has 0 amide bonds. The highest BCUT2D eigenvalue weighted by Gasteiger charge is 2.01. The maximum Gasteiger partial charge on any atom is 0.120 e. The van der Waals surface area contributed by atoms with Crippen LogP contribution in [-0.4, -0.2) is 15.2 Å². The molecule has 5 heteroatoms. The van der Waals surface area contributed by atoms with Gasteiger partial charge in [0.25, 0.3) is 0 Å². The average Bonchev–Trinajstić information content (AvgIpc) is 2.52. The number of aromatic nitrogens is 3. The molecule has 0 bridgehead atoms. The second kappa shape index (κ2) is 3.35. The monoisotopic (exact) mass is 209 g/mol. The minimum Gasteiger partial charge on any atom is -0.268 e. The first kappa shape index (κ1) is 8.52. The van der Waals surface area contributed by atoms with Crippen molar-refractivity contribution in [2.75, 3.05) is 0 Å². The van der Waals surface area contributed by atoms with Crippen LogP contribution in [0.1, 0.15) is 5.01 Å². The quantitative estimate of drug-likeness (QED) is 0.734. The summed E-state index contributed by atoms with van der Waals surface area (Å²) in [7, 11) is 0. The molecule has 2 heterocycles. The number of nitrogens with one attached hydrogen (secondary N) is 1. The first-order valence-corrected chi connectivity index (χ1v) is 4.96. The molecule has 1 N–H and O–H groups in total. The zero-order chi connectivity index (χ0) is 9.26. The molecule has 3 nitrogen and oxygen atoms in total. The number of rotatable bonds is 1. The van der Waals surface area contributed by atoms with Crippen LogP contribution in [-0.2, 0) is 0 Å². The van der Waals surface area contributed by atoms with Gasteiger partial charge in [-0.15, -0.1) is 11.3 Å². The van der Waals surface area contributed by atoms with Crippen molar-refractivity contribution in [2.24, 2.45) is 0 Å². The minimum atomic E-state index is 0.642. The summed E-state index contributed by atoms with van der Waals surface area (Å²) in [6.45, 7) is 1.98. The molecule has 0 aromatic carbocycles. The van der Waals surface area contributed by atoms with Crippen molar-refractivity contribution < 1.29 is 0 Å². The number of aryl methyl sites for hydroxylation is 1. The highest BCUT2D eigenvalue weighted by molar-refractivity contribution is 7.71. The summed E-state index contributed by atoms with van der Waals surface area (Å²) in [5, 5.41) is 7.67. The van der Waals surface area contributed by atoms with Crippen molar-refractivity contribution in [3.63, 3.8) is 0 Å². The van der Waals surface area contributed by atoms with E-state index < -0.39 is 0 Å². The molecule has 0 saturated heterocycles. The summed E-state index contributed by atoms with van der Waals surface area (Å²) in [6, 6.07) is 1.88. The summed E-state index contributed by atoms with van der Waals surface area (Å²) < 4.78 is 0.642. The summed E-state index contributed by atoms with van der Waals surface area (Å²) in [6.07, 6.45) is 3.59. The molecule has 0 aliphatic rings. The normalized spacial score (nSPS) is 10.2. The van der Waals surface area contributed by atoms with Crippen molar-refractivity contribution in [3.05, 3.63) is 28.1 Å². The maximum absolute atomic E-state index is 4.97. The van der Waals surface area contributed by atoms with Gasteiger partial charge in [0.1, 0.15) is 4.64 Å². The maximum atomic E-state index is 4.97. The van der Waals surface area contributed by atoms with Crippen molar-refractivity contribution in [3.8, 4) is 10.4 Å². The fourth-order valence-electron chi connectivity index (χ4n) is 1.01. The molecule has 0 atom stereocenters. The van der Waals surface area contributed by atoms with Crippen molar-refractivity contribution in [2.45, 2.75) is 6.92 Å². The summed E-state index contributed by atoms with van der Waals surface area (Å²) >= 11 is 6.61. The van der Waals surface area contributed by atoms with E-state index in [-0.39, 0.29) is 0 Å². The first-order chi connectivity index (χ1) is 6.25. The Morgan fingerprint density at radius 3 is 2.92 bits per heavy atom. The summed E-state index contributed by atoms with van der Waals surface area (Å²) in [5.41, 5.74) is 1.02. The van der Waals surface area contributed by atoms with Crippen molar-refractivity contribution >= 4 is 23.6 Å². The lowest BCUT2D eigenvalue weighted by Crippen LogP contribution is -1.81. The van der Waals surface area contributed by atoms with Gasteiger partial charge in [0.05, 0.1) is 16.1 Å². The van der Waals surface area contributed by atoms with E-state index in [1.54, 1.807) is 17.5 Å². The Morgan fingerprint density at radius 2 is 2.31 bits per heavy atom. The topological polar surface area (TPSA) is 41.6 Å². The minimum absolute atomic E-state index is 0.642. The van der Waals surface area contributed by atoms with Crippen LogP contribution in [0.15, 0.2) is 18.5 Å². The molecule has 2 rings (SSSR count). The molecule has 0 fully saturated rings. The van der Waals surface area contributed by atoms with Gasteiger partial charge in [-0.3, -0.25) is 5.10 Å². The van der Waals surface area contributed by atoms with Crippen LogP contribution < -0.4 is 0 Å². The molecule has 0 aliphatic carbocycles. The Balaban J connectivity index is 2.52. The highest BCUT2D eigenvalue weighted by Crippen LogP contribution is 2.24. The Labute approximate surface area is 84.5 Å². The van der Waals surface area contributed by atoms with Crippen LogP contribution in [0.5, 0.6) is 0 Å². The molecular weight excluding hydrogens is 202 g/mol. The van der Waals surface area contributed by atoms with E-state index in [9.17, 15) is 0 Å². The van der Waals surface area contributed by atoms with E-state index in [4.69, 9.17) is 12.2 Å². The van der Waals surface area contributed by atoms with Crippen LogP contribution >= 0.6 is 23.6 Å². The molecule has 2 aromatic heterocycles. The van der Waals surface area contributed by atoms with Crippen LogP contribution in [0, 0.1) is 11.6 Å². The average molecular weight is 209 g/mol. The van der Waals surface area contributed by atoms with E-state index in [1.807, 2.05) is 19.2 Å². The Kier molecular flexibility index (Phi) is 2.20. The van der Waals surface area contributed by atoms with Gasteiger partial charge in [0.15, 0.2) is 0 Å². The summed E-state index contributed by atoms with van der Waals surface area (Å²) in [5.74, 6) is 0. The molecule has 0 radical (unpaired) electrons. The molecule has 0 spiro atoms. The SMILES string of the molecule is Cc1ncc(-c2cn[nH]c(=S)c2)s1. The predicted molar refractivity (Wildman–Crippen MR) is 55.3 cm³/mol. The van der Waals surface area contributed by atoms with E-state index in [1.165, 1.54) is 0 Å². The van der Waals surface area contributed by atoms with Crippen molar-refractivity contribution in [1.82, 2.24) is 15.2 Å². The van der Waals surface area contributed by atoms with E-state index in [0.717, 1.165) is 15.4 Å². The van der Waals surface area contributed by atoms with Gasteiger partial charge in [-0.05, 0) is 13.0 Å². The van der Waals surface area contributed by atoms with Gasteiger partial charge in [0.2, 0.25) is 0 Å². The Morgan fingerprint density at radius 1 is 1.46 bits per heavy atom. The lowest BCUT2D eigenvalue weighted by Gasteiger charge is -1.92. The van der Waals surface area contributed by atoms with Gasteiger partial charge in [-0.25, -0.2) is 4.98 Å². The number of thiazole rings is 1. The highest BCUT2D eigenvalue weighted by atomic mass is 32.1. The number of hydrogen-bond donors (Lipinski definition) is 1. The van der Waals surface area contributed by atoms with Crippen molar-refractivity contribution in [1.29, 1.82) is 0 Å². The number of aromatic amines is 1. The first-order valence-electron chi connectivity index (χ1n) is 3.73. The molecule has 0 unspecified atom stereocenters. The zero-order valence-corrected chi connectivity index (χ0v) is 8.58. The molecule has 66 valence electrons. The second-order valence-electron chi connectivity index (χ2n) is 2.58.